The van der Waals surface area contributed by atoms with Gasteiger partial charge in [-0.25, -0.2) is 14.1 Å². The lowest BCUT2D eigenvalue weighted by atomic mass is 10.2. The van der Waals surface area contributed by atoms with Crippen LogP contribution in [0.1, 0.15) is 19.9 Å². The molecule has 0 atom stereocenters. The van der Waals surface area contributed by atoms with Crippen molar-refractivity contribution in [2.45, 2.75) is 19.9 Å². The molecule has 4 nitrogen and oxygen atoms in total. The first-order valence-electron chi connectivity index (χ1n) is 7.69. The predicted molar refractivity (Wildman–Crippen MR) is 94.4 cm³/mol. The fraction of sp³-hybridized carbons (Fsp3) is 0.167. The van der Waals surface area contributed by atoms with Crippen molar-refractivity contribution in [1.29, 1.82) is 0 Å². The number of hydrogen-bond donors (Lipinski definition) is 0. The second-order valence-corrected chi connectivity index (χ2v) is 6.87. The summed E-state index contributed by atoms with van der Waals surface area (Å²) in [5, 5.41) is 9.27. The third-order valence-corrected chi connectivity index (χ3v) is 4.93. The van der Waals surface area contributed by atoms with Crippen molar-refractivity contribution in [3.63, 3.8) is 0 Å². The number of hydrogen-bond acceptors (Lipinski definition) is 4. The minimum atomic E-state index is -0.233. The Morgan fingerprint density at radius 3 is 2.75 bits per heavy atom. The van der Waals surface area contributed by atoms with E-state index in [1.807, 2.05) is 28.9 Å². The van der Waals surface area contributed by atoms with E-state index in [1.54, 1.807) is 18.3 Å². The Kier molecular flexibility index (Phi) is 3.61. The molecule has 0 aliphatic rings. The number of aromatic nitrogens is 4. The van der Waals surface area contributed by atoms with Crippen LogP contribution in [0.4, 0.5) is 4.39 Å². The molecule has 0 fully saturated rings. The van der Waals surface area contributed by atoms with Crippen molar-refractivity contribution in [2.75, 3.05) is 0 Å². The van der Waals surface area contributed by atoms with E-state index in [9.17, 15) is 4.39 Å². The van der Waals surface area contributed by atoms with E-state index in [-0.39, 0.29) is 11.9 Å². The maximum absolute atomic E-state index is 13.9. The van der Waals surface area contributed by atoms with Crippen molar-refractivity contribution in [3.8, 4) is 21.0 Å². The summed E-state index contributed by atoms with van der Waals surface area (Å²) in [5.41, 5.74) is 3.38. The Bertz CT molecular complexity index is 1020. The van der Waals surface area contributed by atoms with E-state index in [0.717, 1.165) is 26.5 Å². The zero-order chi connectivity index (χ0) is 16.7. The molecule has 0 N–H and O–H groups in total. The molecule has 0 saturated heterocycles. The lowest BCUT2D eigenvalue weighted by Crippen LogP contribution is -2.02. The van der Waals surface area contributed by atoms with Crippen LogP contribution < -0.4 is 0 Å². The summed E-state index contributed by atoms with van der Waals surface area (Å²) in [4.78, 5) is 5.26. The number of halogens is 1. The van der Waals surface area contributed by atoms with Gasteiger partial charge in [0.05, 0.1) is 10.4 Å². The van der Waals surface area contributed by atoms with E-state index < -0.39 is 0 Å². The number of benzene rings is 2. The maximum atomic E-state index is 13.9. The van der Waals surface area contributed by atoms with Crippen LogP contribution in [0.25, 0.3) is 32.0 Å². The van der Waals surface area contributed by atoms with Crippen LogP contribution in [0.5, 0.6) is 0 Å². The molecule has 2 aromatic heterocycles. The van der Waals surface area contributed by atoms with Crippen LogP contribution in [0.15, 0.2) is 48.7 Å². The molecule has 120 valence electrons. The third kappa shape index (κ3) is 2.49. The summed E-state index contributed by atoms with van der Waals surface area (Å²) in [6, 6.07) is 13.0. The number of nitrogens with zero attached hydrogens (tertiary/aromatic N) is 4. The van der Waals surface area contributed by atoms with Gasteiger partial charge in [-0.1, -0.05) is 23.4 Å². The highest BCUT2D eigenvalue weighted by molar-refractivity contribution is 7.18. The zero-order valence-corrected chi connectivity index (χ0v) is 14.1. The average molecular weight is 338 g/mol. The van der Waals surface area contributed by atoms with Crippen LogP contribution in [0.2, 0.25) is 0 Å². The highest BCUT2D eigenvalue weighted by Crippen LogP contribution is 2.34. The van der Waals surface area contributed by atoms with Crippen molar-refractivity contribution >= 4 is 22.4 Å². The number of fused-ring (bicyclic) bond motifs is 1. The second kappa shape index (κ2) is 5.79. The lowest BCUT2D eigenvalue weighted by Gasteiger charge is -2.05. The highest BCUT2D eigenvalue weighted by Gasteiger charge is 2.12. The fourth-order valence-electron chi connectivity index (χ4n) is 2.65. The van der Waals surface area contributed by atoms with Gasteiger partial charge in [-0.3, -0.25) is 0 Å². The van der Waals surface area contributed by atoms with Crippen molar-refractivity contribution in [1.82, 2.24) is 20.0 Å². The van der Waals surface area contributed by atoms with Gasteiger partial charge < -0.3 is 0 Å². The smallest absolute Gasteiger partial charge is 0.131 e. The van der Waals surface area contributed by atoms with Gasteiger partial charge in [-0.05, 0) is 38.1 Å². The van der Waals surface area contributed by atoms with Crippen LogP contribution in [-0.4, -0.2) is 20.0 Å². The van der Waals surface area contributed by atoms with Gasteiger partial charge >= 0.3 is 0 Å². The van der Waals surface area contributed by atoms with Crippen molar-refractivity contribution < 1.29 is 4.39 Å². The Balaban J connectivity index is 1.75. The minimum Gasteiger partial charge on any atom is -0.244 e. The molecule has 4 rings (SSSR count). The molecule has 6 heteroatoms. The first-order chi connectivity index (χ1) is 11.6. The molecule has 4 aromatic rings. The molecule has 0 unspecified atom stereocenters. The molecule has 0 bridgehead atoms. The number of thiazole rings is 1. The molecule has 0 aliphatic carbocycles. The largest absolute Gasteiger partial charge is 0.244 e. The first-order valence-corrected chi connectivity index (χ1v) is 8.51. The molecule has 0 spiro atoms. The van der Waals surface area contributed by atoms with Gasteiger partial charge in [0.1, 0.15) is 16.3 Å². The van der Waals surface area contributed by atoms with Crippen LogP contribution in [-0.2, 0) is 0 Å². The van der Waals surface area contributed by atoms with E-state index in [0.29, 0.717) is 5.56 Å². The fourth-order valence-corrected chi connectivity index (χ4v) is 3.59. The average Bonchev–Trinajstić information content (AvgIpc) is 3.21. The summed E-state index contributed by atoms with van der Waals surface area (Å²) in [7, 11) is 0. The molecule has 2 aromatic carbocycles. The molecular weight excluding hydrogens is 323 g/mol. The molecule has 0 radical (unpaired) electrons. The Hall–Kier alpha value is -2.60. The standard InChI is InChI=1S/C18H15FN4S/c1-11(2)23-16-8-7-12(9-15(16)21-22-23)18-20-10-17(24-18)13-5-3-4-6-14(13)19/h3-11H,1-2H3. The SMILES string of the molecule is CC(C)n1nnc2cc(-c3ncc(-c4ccccc4F)s3)ccc21. The van der Waals surface area contributed by atoms with E-state index in [2.05, 4.69) is 29.1 Å². The van der Waals surface area contributed by atoms with Crippen molar-refractivity contribution in [3.05, 3.63) is 54.5 Å². The summed E-state index contributed by atoms with van der Waals surface area (Å²) < 4.78 is 15.8. The number of rotatable bonds is 3. The highest BCUT2D eigenvalue weighted by atomic mass is 32.1. The van der Waals surface area contributed by atoms with Gasteiger partial charge in [-0.15, -0.1) is 16.4 Å². The molecule has 0 aliphatic heterocycles. The maximum Gasteiger partial charge on any atom is 0.131 e. The topological polar surface area (TPSA) is 43.6 Å². The van der Waals surface area contributed by atoms with Gasteiger partial charge in [0, 0.05) is 23.4 Å². The zero-order valence-electron chi connectivity index (χ0n) is 13.3. The molecule has 0 saturated carbocycles. The second-order valence-electron chi connectivity index (χ2n) is 5.84. The quantitative estimate of drug-likeness (QED) is 0.531. The van der Waals surface area contributed by atoms with E-state index >= 15 is 0 Å². The monoisotopic (exact) mass is 338 g/mol. The molecular formula is C18H15FN4S. The summed E-state index contributed by atoms with van der Waals surface area (Å²) in [5.74, 6) is -0.233. The van der Waals surface area contributed by atoms with Gasteiger partial charge in [0.2, 0.25) is 0 Å². The Morgan fingerprint density at radius 1 is 1.12 bits per heavy atom. The summed E-state index contributed by atoms with van der Waals surface area (Å²) in [6.45, 7) is 4.15. The van der Waals surface area contributed by atoms with Crippen LogP contribution in [0, 0.1) is 5.82 Å². The van der Waals surface area contributed by atoms with Crippen LogP contribution in [0.3, 0.4) is 0 Å². The molecule has 0 amide bonds. The van der Waals surface area contributed by atoms with E-state index in [1.165, 1.54) is 17.4 Å². The summed E-state index contributed by atoms with van der Waals surface area (Å²) >= 11 is 1.47. The van der Waals surface area contributed by atoms with E-state index in [4.69, 9.17) is 0 Å². The lowest BCUT2D eigenvalue weighted by molar-refractivity contribution is 0.530. The Morgan fingerprint density at radius 2 is 1.96 bits per heavy atom. The van der Waals surface area contributed by atoms with Crippen molar-refractivity contribution in [2.24, 2.45) is 0 Å². The predicted octanol–water partition coefficient (Wildman–Crippen LogP) is 4.94. The Labute approximate surface area is 142 Å². The van der Waals surface area contributed by atoms with Gasteiger partial charge in [0.15, 0.2) is 0 Å². The molecule has 24 heavy (non-hydrogen) atoms. The first kappa shape index (κ1) is 15.0. The van der Waals surface area contributed by atoms with Gasteiger partial charge in [0.25, 0.3) is 0 Å². The normalized spacial score (nSPS) is 11.5. The summed E-state index contributed by atoms with van der Waals surface area (Å²) in [6.07, 6.45) is 1.72. The molecule has 2 heterocycles. The minimum absolute atomic E-state index is 0.233. The third-order valence-electron chi connectivity index (χ3n) is 3.85. The van der Waals surface area contributed by atoms with Gasteiger partial charge in [-0.2, -0.15) is 0 Å². The van der Waals surface area contributed by atoms with Crippen LogP contribution >= 0.6 is 11.3 Å².